The van der Waals surface area contributed by atoms with Gasteiger partial charge < -0.3 is 5.32 Å². The summed E-state index contributed by atoms with van der Waals surface area (Å²) in [6.07, 6.45) is 5.22. The molecule has 2 atom stereocenters. The van der Waals surface area contributed by atoms with Gasteiger partial charge in [0.25, 0.3) is 0 Å². The van der Waals surface area contributed by atoms with Crippen LogP contribution in [0, 0.1) is 17.2 Å². The zero-order valence-electron chi connectivity index (χ0n) is 8.84. The zero-order valence-corrected chi connectivity index (χ0v) is 8.84. The summed E-state index contributed by atoms with van der Waals surface area (Å²) < 4.78 is 0. The molecule has 1 aliphatic heterocycles. The predicted molar refractivity (Wildman–Crippen MR) is 58.9 cm³/mol. The Hall–Kier alpha value is -2.15. The van der Waals surface area contributed by atoms with Crippen LogP contribution in [0.3, 0.4) is 0 Å². The van der Waals surface area contributed by atoms with Gasteiger partial charge in [0.2, 0.25) is 5.91 Å². The predicted octanol–water partition coefficient (Wildman–Crippen LogP) is 1.12. The minimum absolute atomic E-state index is 0.0414. The minimum atomic E-state index is -0.724. The number of nitrogens with one attached hydrogen (secondary N) is 1. The number of rotatable bonds is 1. The van der Waals surface area contributed by atoms with Crippen LogP contribution < -0.4 is 5.32 Å². The Kier molecular flexibility index (Phi) is 2.69. The summed E-state index contributed by atoms with van der Waals surface area (Å²) in [7, 11) is 0. The van der Waals surface area contributed by atoms with Gasteiger partial charge in [-0.15, -0.1) is 0 Å². The van der Waals surface area contributed by atoms with Crippen molar-refractivity contribution in [3.8, 4) is 6.07 Å². The Bertz CT molecular complexity index is 473. The van der Waals surface area contributed by atoms with Crippen LogP contribution >= 0.6 is 0 Å². The molecule has 2 heterocycles. The van der Waals surface area contributed by atoms with Gasteiger partial charge >= 0.3 is 0 Å². The lowest BCUT2D eigenvalue weighted by molar-refractivity contribution is -0.122. The smallest absolute Gasteiger partial charge is 0.242 e. The molecule has 0 saturated heterocycles. The van der Waals surface area contributed by atoms with E-state index in [1.165, 1.54) is 0 Å². The zero-order chi connectivity index (χ0) is 11.5. The molecule has 1 aromatic rings. The maximum absolute atomic E-state index is 11.6. The molecule has 0 saturated carbocycles. The van der Waals surface area contributed by atoms with Crippen LogP contribution in [0.1, 0.15) is 12.5 Å². The first-order valence-electron chi connectivity index (χ1n) is 5.04. The molecule has 0 aromatic carbocycles. The number of hydrogen-bond acceptors (Lipinski definition) is 3. The van der Waals surface area contributed by atoms with Crippen molar-refractivity contribution in [2.75, 3.05) is 0 Å². The van der Waals surface area contributed by atoms with Crippen molar-refractivity contribution in [2.45, 2.75) is 13.0 Å². The number of nitriles is 1. The third-order valence-electron chi connectivity index (χ3n) is 2.52. The van der Waals surface area contributed by atoms with Gasteiger partial charge in [-0.2, -0.15) is 5.26 Å². The van der Waals surface area contributed by atoms with E-state index in [4.69, 9.17) is 5.26 Å². The molecule has 4 nitrogen and oxygen atoms in total. The lowest BCUT2D eigenvalue weighted by Crippen LogP contribution is -2.40. The number of carbonyl (C=O) groups is 1. The molecule has 1 amide bonds. The Morgan fingerprint density at radius 2 is 2.12 bits per heavy atom. The molecule has 1 N–H and O–H groups in total. The molecular formula is C12H11N3O. The Labute approximate surface area is 93.6 Å². The third-order valence-corrected chi connectivity index (χ3v) is 2.52. The number of amides is 1. The molecular weight excluding hydrogens is 202 g/mol. The lowest BCUT2D eigenvalue weighted by atomic mass is 9.89. The topological polar surface area (TPSA) is 65.8 Å². The molecule has 0 aliphatic carbocycles. The molecule has 0 spiro atoms. The van der Waals surface area contributed by atoms with Crippen LogP contribution in [0.5, 0.6) is 0 Å². The van der Waals surface area contributed by atoms with Crippen LogP contribution in [0.4, 0.5) is 0 Å². The fourth-order valence-corrected chi connectivity index (χ4v) is 1.79. The van der Waals surface area contributed by atoms with Gasteiger partial charge in [0.15, 0.2) is 5.92 Å². The van der Waals surface area contributed by atoms with Gasteiger partial charge in [-0.25, -0.2) is 0 Å². The van der Waals surface area contributed by atoms with Gasteiger partial charge in [-0.1, -0.05) is 6.08 Å². The number of aromatic nitrogens is 1. The first-order valence-corrected chi connectivity index (χ1v) is 5.04. The standard InChI is InChI=1S/C12H11N3O/c1-8-6-10(9-2-4-14-5-3-9)11(7-13)12(16)15-8/h2-6,8,11H,1H3,(H,15,16). The molecule has 1 aliphatic rings. The van der Waals surface area contributed by atoms with E-state index in [0.717, 1.165) is 11.1 Å². The van der Waals surface area contributed by atoms with Crippen molar-refractivity contribution in [2.24, 2.45) is 5.92 Å². The number of hydrogen-bond donors (Lipinski definition) is 1. The summed E-state index contributed by atoms with van der Waals surface area (Å²) in [6.45, 7) is 1.88. The monoisotopic (exact) mass is 213 g/mol. The quantitative estimate of drug-likeness (QED) is 0.760. The molecule has 2 unspecified atom stereocenters. The summed E-state index contributed by atoms with van der Waals surface area (Å²) >= 11 is 0. The molecule has 2 rings (SSSR count). The van der Waals surface area contributed by atoms with E-state index in [2.05, 4.69) is 10.3 Å². The Morgan fingerprint density at radius 1 is 1.44 bits per heavy atom. The summed E-state index contributed by atoms with van der Waals surface area (Å²) in [4.78, 5) is 15.5. The molecule has 16 heavy (non-hydrogen) atoms. The SMILES string of the molecule is CC1C=C(c2ccncc2)C(C#N)C(=O)N1. The highest BCUT2D eigenvalue weighted by Crippen LogP contribution is 2.26. The molecule has 0 fully saturated rings. The average molecular weight is 213 g/mol. The second-order valence-electron chi connectivity index (χ2n) is 3.72. The average Bonchev–Trinajstić information content (AvgIpc) is 2.29. The van der Waals surface area contributed by atoms with Crippen LogP contribution in [0.25, 0.3) is 5.57 Å². The van der Waals surface area contributed by atoms with Crippen LogP contribution in [0.15, 0.2) is 30.6 Å². The highest BCUT2D eigenvalue weighted by atomic mass is 16.2. The van der Waals surface area contributed by atoms with Gasteiger partial charge in [0.05, 0.1) is 6.07 Å². The summed E-state index contributed by atoms with van der Waals surface area (Å²) in [5.74, 6) is -0.956. The molecule has 0 radical (unpaired) electrons. The van der Waals surface area contributed by atoms with E-state index in [1.54, 1.807) is 12.4 Å². The van der Waals surface area contributed by atoms with E-state index in [0.29, 0.717) is 0 Å². The van der Waals surface area contributed by atoms with E-state index in [9.17, 15) is 4.79 Å². The third kappa shape index (κ3) is 1.80. The second-order valence-corrected chi connectivity index (χ2v) is 3.72. The van der Waals surface area contributed by atoms with Crippen molar-refractivity contribution in [3.05, 3.63) is 36.2 Å². The second kappa shape index (κ2) is 4.15. The minimum Gasteiger partial charge on any atom is -0.349 e. The van der Waals surface area contributed by atoms with Crippen molar-refractivity contribution >= 4 is 11.5 Å². The van der Waals surface area contributed by atoms with E-state index in [1.807, 2.05) is 31.2 Å². The lowest BCUT2D eigenvalue weighted by Gasteiger charge is -2.23. The first-order chi connectivity index (χ1) is 7.72. The fraction of sp³-hybridized carbons (Fsp3) is 0.250. The maximum Gasteiger partial charge on any atom is 0.242 e. The van der Waals surface area contributed by atoms with Crippen molar-refractivity contribution < 1.29 is 4.79 Å². The van der Waals surface area contributed by atoms with E-state index in [-0.39, 0.29) is 11.9 Å². The van der Waals surface area contributed by atoms with Crippen LogP contribution in [0.2, 0.25) is 0 Å². The summed E-state index contributed by atoms with van der Waals surface area (Å²) in [6, 6.07) is 5.59. The van der Waals surface area contributed by atoms with Crippen molar-refractivity contribution in [1.29, 1.82) is 5.26 Å². The number of carbonyl (C=O) groups excluding carboxylic acids is 1. The fourth-order valence-electron chi connectivity index (χ4n) is 1.79. The van der Waals surface area contributed by atoms with Gasteiger partial charge in [0, 0.05) is 18.4 Å². The van der Waals surface area contributed by atoms with Crippen molar-refractivity contribution in [3.63, 3.8) is 0 Å². The highest BCUT2D eigenvalue weighted by Gasteiger charge is 2.28. The molecule has 0 bridgehead atoms. The maximum atomic E-state index is 11.6. The van der Waals surface area contributed by atoms with Crippen LogP contribution in [-0.4, -0.2) is 16.9 Å². The molecule has 80 valence electrons. The van der Waals surface area contributed by atoms with Gasteiger partial charge in [0.1, 0.15) is 0 Å². The van der Waals surface area contributed by atoms with E-state index >= 15 is 0 Å². The largest absolute Gasteiger partial charge is 0.349 e. The number of pyridine rings is 1. The first kappa shape index (κ1) is 10.4. The molecule has 1 aromatic heterocycles. The van der Waals surface area contributed by atoms with E-state index < -0.39 is 5.92 Å². The summed E-state index contributed by atoms with van der Waals surface area (Å²) in [5.41, 5.74) is 1.64. The Balaban J connectivity index is 2.45. The van der Waals surface area contributed by atoms with Crippen molar-refractivity contribution in [1.82, 2.24) is 10.3 Å². The normalized spacial score (nSPS) is 24.2. The Morgan fingerprint density at radius 3 is 2.75 bits per heavy atom. The van der Waals surface area contributed by atoms with Crippen LogP contribution in [-0.2, 0) is 4.79 Å². The highest BCUT2D eigenvalue weighted by molar-refractivity contribution is 5.96. The van der Waals surface area contributed by atoms with Gasteiger partial charge in [-0.3, -0.25) is 9.78 Å². The molecule has 4 heteroatoms. The number of nitrogens with zero attached hydrogens (tertiary/aromatic N) is 2. The van der Waals surface area contributed by atoms with Gasteiger partial charge in [-0.05, 0) is 30.2 Å². The summed E-state index contributed by atoms with van der Waals surface area (Å²) in [5, 5.41) is 11.7.